The number of hydrogen-bond donors (Lipinski definition) is 1. The lowest BCUT2D eigenvalue weighted by Gasteiger charge is -2.28. The third-order valence-electron chi connectivity index (χ3n) is 2.51. The van der Waals surface area contributed by atoms with Crippen LogP contribution in [0.2, 0.25) is 0 Å². The maximum atomic E-state index is 12.8. The molecule has 2 nitrogen and oxygen atoms in total. The summed E-state index contributed by atoms with van der Waals surface area (Å²) in [5, 5.41) is 2.24. The molecule has 86 valence electrons. The van der Waals surface area contributed by atoms with E-state index < -0.39 is 24.5 Å². The highest BCUT2D eigenvalue weighted by molar-refractivity contribution is 9.10. The molecule has 0 radical (unpaired) electrons. The molecule has 0 aromatic heterocycles. The predicted molar refractivity (Wildman–Crippen MR) is 55.3 cm³/mol. The minimum atomic E-state index is -4.35. The van der Waals surface area contributed by atoms with Crippen molar-refractivity contribution in [2.45, 2.75) is 12.1 Å². The second-order valence-electron chi connectivity index (χ2n) is 3.51. The lowest BCUT2D eigenvalue weighted by atomic mass is 9.90. The molecule has 1 heterocycles. The Labute approximate surface area is 98.0 Å². The smallest absolute Gasteiger partial charge is 0.351 e. The fourth-order valence-corrected chi connectivity index (χ4v) is 2.40. The number of rotatable bonds is 0. The van der Waals surface area contributed by atoms with E-state index in [1.54, 1.807) is 6.07 Å². The molecule has 0 saturated carbocycles. The summed E-state index contributed by atoms with van der Waals surface area (Å²) in [6.45, 7) is -0.405. The molecule has 0 fully saturated rings. The van der Waals surface area contributed by atoms with Crippen LogP contribution < -0.4 is 5.32 Å². The fraction of sp³-hybridized carbons (Fsp3) is 0.300. The second-order valence-corrected chi connectivity index (χ2v) is 4.36. The number of nitrogens with one attached hydrogen (secondary N) is 1. The van der Waals surface area contributed by atoms with Crippen molar-refractivity contribution >= 4 is 21.8 Å². The van der Waals surface area contributed by atoms with Crippen LogP contribution in [0.25, 0.3) is 0 Å². The Bertz CT molecular complexity index is 444. The van der Waals surface area contributed by atoms with Crippen molar-refractivity contribution in [2.75, 3.05) is 6.54 Å². The van der Waals surface area contributed by atoms with Crippen LogP contribution in [0.15, 0.2) is 22.7 Å². The normalized spacial score (nSPS) is 20.2. The summed E-state index contributed by atoms with van der Waals surface area (Å²) < 4.78 is 38.6. The standard InChI is InChI=1S/C10H7BrF3NO/c11-7-3-1-2-5-8(7)6(10(12,13)14)4-15-9(5)16/h1-3,6H,4H2,(H,15,16). The fourth-order valence-electron chi connectivity index (χ4n) is 1.76. The van der Waals surface area contributed by atoms with Crippen LogP contribution in [0.5, 0.6) is 0 Å². The van der Waals surface area contributed by atoms with Gasteiger partial charge in [-0.2, -0.15) is 13.2 Å². The maximum Gasteiger partial charge on any atom is 0.397 e. The number of alkyl halides is 3. The van der Waals surface area contributed by atoms with E-state index in [1.807, 2.05) is 0 Å². The van der Waals surface area contributed by atoms with E-state index in [0.29, 0.717) is 4.47 Å². The van der Waals surface area contributed by atoms with Gasteiger partial charge in [-0.3, -0.25) is 4.79 Å². The summed E-state index contributed by atoms with van der Waals surface area (Å²) in [6, 6.07) is 4.45. The number of amides is 1. The van der Waals surface area contributed by atoms with Crippen LogP contribution in [-0.2, 0) is 0 Å². The van der Waals surface area contributed by atoms with E-state index in [9.17, 15) is 18.0 Å². The molecule has 0 aliphatic carbocycles. The van der Waals surface area contributed by atoms with Crippen molar-refractivity contribution < 1.29 is 18.0 Å². The molecule has 1 unspecified atom stereocenters. The lowest BCUT2D eigenvalue weighted by Crippen LogP contribution is -2.41. The molecule has 1 amide bonds. The van der Waals surface area contributed by atoms with E-state index in [1.165, 1.54) is 12.1 Å². The zero-order valence-electron chi connectivity index (χ0n) is 7.94. The van der Waals surface area contributed by atoms with Crippen molar-refractivity contribution in [3.63, 3.8) is 0 Å². The van der Waals surface area contributed by atoms with Gasteiger partial charge in [-0.25, -0.2) is 0 Å². The van der Waals surface area contributed by atoms with E-state index in [4.69, 9.17) is 0 Å². The number of benzene rings is 1. The van der Waals surface area contributed by atoms with Crippen molar-refractivity contribution in [1.29, 1.82) is 0 Å². The SMILES string of the molecule is O=C1NCC(C(F)(F)F)c2c(Br)cccc21. The largest absolute Gasteiger partial charge is 0.397 e. The summed E-state index contributed by atoms with van der Waals surface area (Å²) in [7, 11) is 0. The Morgan fingerprint density at radius 3 is 2.69 bits per heavy atom. The summed E-state index contributed by atoms with van der Waals surface area (Å²) in [4.78, 5) is 11.4. The van der Waals surface area contributed by atoms with Gasteiger partial charge in [-0.15, -0.1) is 0 Å². The number of hydrogen-bond acceptors (Lipinski definition) is 1. The van der Waals surface area contributed by atoms with E-state index >= 15 is 0 Å². The molecule has 16 heavy (non-hydrogen) atoms. The lowest BCUT2D eigenvalue weighted by molar-refractivity contribution is -0.149. The van der Waals surface area contributed by atoms with Gasteiger partial charge < -0.3 is 5.32 Å². The van der Waals surface area contributed by atoms with Crippen LogP contribution in [0, 0.1) is 0 Å². The van der Waals surface area contributed by atoms with E-state index in [2.05, 4.69) is 21.2 Å². The van der Waals surface area contributed by atoms with Gasteiger partial charge in [0.25, 0.3) is 5.91 Å². The van der Waals surface area contributed by atoms with Gasteiger partial charge in [0.15, 0.2) is 0 Å². The third-order valence-corrected chi connectivity index (χ3v) is 3.20. The Balaban J connectivity index is 2.59. The van der Waals surface area contributed by atoms with Gasteiger partial charge >= 0.3 is 6.18 Å². The van der Waals surface area contributed by atoms with Crippen molar-refractivity contribution in [1.82, 2.24) is 5.32 Å². The Morgan fingerprint density at radius 1 is 1.38 bits per heavy atom. The molecular formula is C10H7BrF3NO. The number of fused-ring (bicyclic) bond motifs is 1. The number of halogens is 4. The molecule has 0 saturated heterocycles. The molecule has 1 aromatic rings. The number of carbonyl (C=O) groups excluding carboxylic acids is 1. The highest BCUT2D eigenvalue weighted by Gasteiger charge is 2.45. The average Bonchev–Trinajstić information content (AvgIpc) is 2.18. The first-order chi connectivity index (χ1) is 7.41. The van der Waals surface area contributed by atoms with Crippen molar-refractivity contribution in [3.8, 4) is 0 Å². The molecule has 0 spiro atoms. The van der Waals surface area contributed by atoms with Gasteiger partial charge in [0.1, 0.15) is 0 Å². The molecule has 1 N–H and O–H groups in total. The molecule has 1 aromatic carbocycles. The second kappa shape index (κ2) is 3.76. The first-order valence-electron chi connectivity index (χ1n) is 4.54. The van der Waals surface area contributed by atoms with Gasteiger partial charge in [-0.05, 0) is 17.7 Å². The summed E-state index contributed by atoms with van der Waals surface area (Å²) >= 11 is 3.06. The highest BCUT2D eigenvalue weighted by atomic mass is 79.9. The topological polar surface area (TPSA) is 29.1 Å². The van der Waals surface area contributed by atoms with Gasteiger partial charge in [0.2, 0.25) is 0 Å². The van der Waals surface area contributed by atoms with Crippen LogP contribution in [0.3, 0.4) is 0 Å². The van der Waals surface area contributed by atoms with Crippen LogP contribution >= 0.6 is 15.9 Å². The Hall–Kier alpha value is -1.04. The minimum Gasteiger partial charge on any atom is -0.351 e. The quantitative estimate of drug-likeness (QED) is 0.783. The Kier molecular flexibility index (Phi) is 2.69. The maximum absolute atomic E-state index is 12.8. The molecule has 1 aliphatic heterocycles. The van der Waals surface area contributed by atoms with Crippen LogP contribution in [0.4, 0.5) is 13.2 Å². The first kappa shape index (κ1) is 11.4. The first-order valence-corrected chi connectivity index (χ1v) is 5.34. The highest BCUT2D eigenvalue weighted by Crippen LogP contribution is 2.41. The minimum absolute atomic E-state index is 0.0266. The molecule has 6 heteroatoms. The zero-order chi connectivity index (χ0) is 11.9. The van der Waals surface area contributed by atoms with Gasteiger partial charge in [0.05, 0.1) is 5.92 Å². The van der Waals surface area contributed by atoms with E-state index in [-0.39, 0.29) is 11.1 Å². The third kappa shape index (κ3) is 1.81. The van der Waals surface area contributed by atoms with Crippen molar-refractivity contribution in [3.05, 3.63) is 33.8 Å². The molecule has 0 bridgehead atoms. The predicted octanol–water partition coefficient (Wildman–Crippen LogP) is 2.84. The number of carbonyl (C=O) groups is 1. The Morgan fingerprint density at radius 2 is 2.06 bits per heavy atom. The molecule has 1 atom stereocenters. The summed E-state index contributed by atoms with van der Waals surface area (Å²) in [6.07, 6.45) is -4.35. The van der Waals surface area contributed by atoms with Gasteiger partial charge in [0, 0.05) is 16.6 Å². The average molecular weight is 294 g/mol. The van der Waals surface area contributed by atoms with Crippen LogP contribution in [0.1, 0.15) is 21.8 Å². The van der Waals surface area contributed by atoms with Crippen molar-refractivity contribution in [2.24, 2.45) is 0 Å². The van der Waals surface area contributed by atoms with Crippen LogP contribution in [-0.4, -0.2) is 18.6 Å². The monoisotopic (exact) mass is 293 g/mol. The van der Waals surface area contributed by atoms with E-state index in [0.717, 1.165) is 0 Å². The zero-order valence-corrected chi connectivity index (χ0v) is 9.52. The summed E-state index contributed by atoms with van der Waals surface area (Å²) in [5.41, 5.74) is 0.113. The molecule has 1 aliphatic rings. The molecular weight excluding hydrogens is 287 g/mol. The molecule has 2 rings (SSSR count). The van der Waals surface area contributed by atoms with Gasteiger partial charge in [-0.1, -0.05) is 22.0 Å². The summed E-state index contributed by atoms with van der Waals surface area (Å²) in [5.74, 6) is -2.10.